The van der Waals surface area contributed by atoms with Crippen LogP contribution in [0.5, 0.6) is 0 Å². The number of hydrogen-bond donors (Lipinski definition) is 1. The molecule has 0 saturated heterocycles. The first-order valence-electron chi connectivity index (χ1n) is 6.04. The molecule has 1 fully saturated rings. The van der Waals surface area contributed by atoms with Crippen molar-refractivity contribution in [2.24, 2.45) is 11.7 Å². The second-order valence-electron chi connectivity index (χ2n) is 4.71. The van der Waals surface area contributed by atoms with E-state index in [9.17, 15) is 0 Å². The second kappa shape index (κ2) is 5.13. The van der Waals surface area contributed by atoms with Crippen LogP contribution in [0.25, 0.3) is 0 Å². The van der Waals surface area contributed by atoms with Crippen LogP contribution in [-0.2, 0) is 4.74 Å². The number of hydrogen-bond acceptors (Lipinski definition) is 2. The highest BCUT2D eigenvalue weighted by molar-refractivity contribution is 4.94. The van der Waals surface area contributed by atoms with E-state index in [1.165, 1.54) is 12.8 Å². The number of ether oxygens (including phenoxy) is 1. The highest BCUT2D eigenvalue weighted by Crippen LogP contribution is 2.37. The van der Waals surface area contributed by atoms with E-state index >= 15 is 0 Å². The van der Waals surface area contributed by atoms with Gasteiger partial charge in [0.25, 0.3) is 0 Å². The summed E-state index contributed by atoms with van der Waals surface area (Å²) in [6.45, 7) is 7.34. The minimum absolute atomic E-state index is 0.0127. The van der Waals surface area contributed by atoms with E-state index in [-0.39, 0.29) is 11.6 Å². The van der Waals surface area contributed by atoms with Gasteiger partial charge in [0.2, 0.25) is 0 Å². The summed E-state index contributed by atoms with van der Waals surface area (Å²) in [7, 11) is 0. The number of rotatable bonds is 4. The van der Waals surface area contributed by atoms with Crippen LogP contribution in [-0.4, -0.2) is 18.2 Å². The molecule has 1 rings (SSSR count). The van der Waals surface area contributed by atoms with E-state index in [0.717, 1.165) is 31.8 Å². The van der Waals surface area contributed by atoms with E-state index in [4.69, 9.17) is 10.5 Å². The summed E-state index contributed by atoms with van der Waals surface area (Å²) in [5.74, 6) is 0.771. The fourth-order valence-electron chi connectivity index (χ4n) is 2.78. The molecular weight excluding hydrogens is 174 g/mol. The van der Waals surface area contributed by atoms with E-state index in [2.05, 4.69) is 20.8 Å². The Kier molecular flexibility index (Phi) is 4.39. The van der Waals surface area contributed by atoms with Crippen LogP contribution in [0.15, 0.2) is 0 Å². The van der Waals surface area contributed by atoms with Crippen LogP contribution in [0.2, 0.25) is 0 Å². The SMILES string of the molecule is CCOC1(C(N)CC)CCCC(C)C1. The summed E-state index contributed by atoms with van der Waals surface area (Å²) in [6.07, 6.45) is 5.93. The van der Waals surface area contributed by atoms with Gasteiger partial charge in [-0.05, 0) is 32.1 Å². The highest BCUT2D eigenvalue weighted by Gasteiger charge is 2.39. The van der Waals surface area contributed by atoms with Gasteiger partial charge in [-0.1, -0.05) is 26.7 Å². The van der Waals surface area contributed by atoms with Crippen molar-refractivity contribution in [1.82, 2.24) is 0 Å². The van der Waals surface area contributed by atoms with E-state index in [1.807, 2.05) is 0 Å². The Morgan fingerprint density at radius 2 is 2.21 bits per heavy atom. The first-order chi connectivity index (χ1) is 6.64. The zero-order valence-corrected chi connectivity index (χ0v) is 9.88. The molecule has 0 spiro atoms. The molecule has 1 aliphatic rings. The van der Waals surface area contributed by atoms with E-state index < -0.39 is 0 Å². The third-order valence-electron chi connectivity index (χ3n) is 3.54. The fraction of sp³-hybridized carbons (Fsp3) is 1.00. The first-order valence-corrected chi connectivity index (χ1v) is 6.04. The average molecular weight is 199 g/mol. The lowest BCUT2D eigenvalue weighted by Crippen LogP contribution is -2.52. The van der Waals surface area contributed by atoms with Crippen molar-refractivity contribution in [2.45, 2.75) is 64.5 Å². The van der Waals surface area contributed by atoms with Gasteiger partial charge in [0.15, 0.2) is 0 Å². The van der Waals surface area contributed by atoms with Crippen molar-refractivity contribution in [3.05, 3.63) is 0 Å². The first kappa shape index (κ1) is 12.0. The van der Waals surface area contributed by atoms with Crippen molar-refractivity contribution in [2.75, 3.05) is 6.61 Å². The Hall–Kier alpha value is -0.0800. The van der Waals surface area contributed by atoms with Crippen molar-refractivity contribution in [3.63, 3.8) is 0 Å². The van der Waals surface area contributed by atoms with Crippen molar-refractivity contribution < 1.29 is 4.74 Å². The predicted octanol–water partition coefficient (Wildman–Crippen LogP) is 2.71. The minimum atomic E-state index is -0.0127. The Balaban J connectivity index is 2.68. The normalized spacial score (nSPS) is 35.6. The summed E-state index contributed by atoms with van der Waals surface area (Å²) in [5.41, 5.74) is 6.19. The summed E-state index contributed by atoms with van der Waals surface area (Å²) in [6, 6.07) is 0.213. The van der Waals surface area contributed by atoms with Crippen LogP contribution >= 0.6 is 0 Å². The monoisotopic (exact) mass is 199 g/mol. The maximum atomic E-state index is 6.21. The lowest BCUT2D eigenvalue weighted by atomic mass is 9.74. The van der Waals surface area contributed by atoms with Gasteiger partial charge in [-0.15, -0.1) is 0 Å². The maximum absolute atomic E-state index is 6.21. The third kappa shape index (κ3) is 2.48. The van der Waals surface area contributed by atoms with Crippen LogP contribution in [0, 0.1) is 5.92 Å². The highest BCUT2D eigenvalue weighted by atomic mass is 16.5. The molecule has 0 heterocycles. The van der Waals surface area contributed by atoms with Gasteiger partial charge in [0, 0.05) is 12.6 Å². The lowest BCUT2D eigenvalue weighted by molar-refractivity contribution is -0.0932. The molecule has 2 N–H and O–H groups in total. The molecule has 0 aromatic carbocycles. The summed E-state index contributed by atoms with van der Waals surface area (Å²) in [5, 5.41) is 0. The largest absolute Gasteiger partial charge is 0.374 e. The van der Waals surface area contributed by atoms with Crippen LogP contribution in [0.3, 0.4) is 0 Å². The third-order valence-corrected chi connectivity index (χ3v) is 3.54. The molecule has 0 amide bonds. The Labute approximate surface area is 88.2 Å². The summed E-state index contributed by atoms with van der Waals surface area (Å²) in [4.78, 5) is 0. The average Bonchev–Trinajstić information content (AvgIpc) is 2.17. The molecule has 14 heavy (non-hydrogen) atoms. The molecule has 2 heteroatoms. The Morgan fingerprint density at radius 3 is 2.71 bits per heavy atom. The van der Waals surface area contributed by atoms with Gasteiger partial charge < -0.3 is 10.5 Å². The molecule has 1 aliphatic carbocycles. The van der Waals surface area contributed by atoms with E-state index in [0.29, 0.717) is 0 Å². The van der Waals surface area contributed by atoms with Gasteiger partial charge >= 0.3 is 0 Å². The standard InChI is InChI=1S/C12H25NO/c1-4-11(13)12(14-5-2)8-6-7-10(3)9-12/h10-11H,4-9,13H2,1-3H3. The Bertz CT molecular complexity index is 168. The topological polar surface area (TPSA) is 35.2 Å². The molecule has 0 aromatic rings. The Morgan fingerprint density at radius 1 is 1.50 bits per heavy atom. The van der Waals surface area contributed by atoms with Crippen molar-refractivity contribution in [3.8, 4) is 0 Å². The van der Waals surface area contributed by atoms with Crippen molar-refractivity contribution in [1.29, 1.82) is 0 Å². The summed E-state index contributed by atoms with van der Waals surface area (Å²) < 4.78 is 5.97. The van der Waals surface area contributed by atoms with Crippen LogP contribution < -0.4 is 5.73 Å². The van der Waals surface area contributed by atoms with Crippen LogP contribution in [0.4, 0.5) is 0 Å². The second-order valence-corrected chi connectivity index (χ2v) is 4.71. The molecular formula is C12H25NO. The number of nitrogens with two attached hydrogens (primary N) is 1. The maximum Gasteiger partial charge on any atom is 0.0834 e. The zero-order valence-electron chi connectivity index (χ0n) is 9.88. The molecule has 0 bridgehead atoms. The smallest absolute Gasteiger partial charge is 0.0834 e. The van der Waals surface area contributed by atoms with Crippen LogP contribution in [0.1, 0.15) is 52.9 Å². The molecule has 1 saturated carbocycles. The molecule has 2 nitrogen and oxygen atoms in total. The minimum Gasteiger partial charge on any atom is -0.374 e. The van der Waals surface area contributed by atoms with Crippen molar-refractivity contribution >= 4 is 0 Å². The molecule has 0 radical (unpaired) electrons. The fourth-order valence-corrected chi connectivity index (χ4v) is 2.78. The van der Waals surface area contributed by atoms with Gasteiger partial charge in [0.05, 0.1) is 5.60 Å². The van der Waals surface area contributed by atoms with E-state index in [1.54, 1.807) is 0 Å². The quantitative estimate of drug-likeness (QED) is 0.755. The van der Waals surface area contributed by atoms with Gasteiger partial charge in [-0.25, -0.2) is 0 Å². The molecule has 3 unspecified atom stereocenters. The van der Waals surface area contributed by atoms with Gasteiger partial charge in [-0.2, -0.15) is 0 Å². The van der Waals surface area contributed by atoms with Gasteiger partial charge in [-0.3, -0.25) is 0 Å². The molecule has 3 atom stereocenters. The molecule has 0 aliphatic heterocycles. The zero-order chi connectivity index (χ0) is 10.6. The van der Waals surface area contributed by atoms with Gasteiger partial charge in [0.1, 0.15) is 0 Å². The molecule has 84 valence electrons. The molecule has 0 aromatic heterocycles. The summed E-state index contributed by atoms with van der Waals surface area (Å²) >= 11 is 0. The lowest BCUT2D eigenvalue weighted by Gasteiger charge is -2.43. The predicted molar refractivity (Wildman–Crippen MR) is 60.3 cm³/mol.